The van der Waals surface area contributed by atoms with Crippen molar-refractivity contribution < 1.29 is 28.6 Å². The first-order valence-electron chi connectivity index (χ1n) is 9.41. The van der Waals surface area contributed by atoms with E-state index in [4.69, 9.17) is 14.2 Å². The van der Waals surface area contributed by atoms with Crippen LogP contribution in [-0.4, -0.2) is 37.2 Å². The number of carbonyl (C=O) groups excluding carboxylic acids is 3. The average Bonchev–Trinajstić information content (AvgIpc) is 2.55. The summed E-state index contributed by atoms with van der Waals surface area (Å²) in [6.07, 6.45) is 10.1. The number of hydrogen-bond donors (Lipinski definition) is 0. The van der Waals surface area contributed by atoms with Gasteiger partial charge in [-0.1, -0.05) is 58.3 Å². The third-order valence-corrected chi connectivity index (χ3v) is 3.73. The predicted octanol–water partition coefficient (Wildman–Crippen LogP) is 3.95. The number of hydrogen-bond acceptors (Lipinski definition) is 6. The molecule has 0 spiro atoms. The van der Waals surface area contributed by atoms with Gasteiger partial charge >= 0.3 is 17.9 Å². The zero-order chi connectivity index (χ0) is 18.9. The summed E-state index contributed by atoms with van der Waals surface area (Å²) in [5.41, 5.74) is 0. The van der Waals surface area contributed by atoms with E-state index in [1.165, 1.54) is 52.4 Å². The molecule has 0 atom stereocenters. The highest BCUT2D eigenvalue weighted by Gasteiger charge is 2.17. The molecule has 0 aliphatic carbocycles. The van der Waals surface area contributed by atoms with Gasteiger partial charge in [0.2, 0.25) is 0 Å². The van der Waals surface area contributed by atoms with Crippen molar-refractivity contribution in [2.45, 2.75) is 91.1 Å². The Hall–Kier alpha value is -1.59. The first kappa shape index (κ1) is 23.4. The molecule has 6 nitrogen and oxygen atoms in total. The van der Waals surface area contributed by atoms with Gasteiger partial charge in [0, 0.05) is 20.3 Å². The Bertz CT molecular complexity index is 362. The Morgan fingerprint density at radius 3 is 1.60 bits per heavy atom. The van der Waals surface area contributed by atoms with Crippen LogP contribution in [0.3, 0.4) is 0 Å². The summed E-state index contributed by atoms with van der Waals surface area (Å²) in [6, 6.07) is 0. The molecule has 0 radical (unpaired) electrons. The zero-order valence-corrected chi connectivity index (χ0v) is 16.0. The molecule has 0 aliphatic heterocycles. The molecule has 0 aliphatic rings. The lowest BCUT2D eigenvalue weighted by Gasteiger charge is -2.17. The fourth-order valence-corrected chi connectivity index (χ4v) is 2.36. The van der Waals surface area contributed by atoms with Gasteiger partial charge < -0.3 is 14.2 Å². The molecule has 0 heterocycles. The van der Waals surface area contributed by atoms with Crippen LogP contribution in [0, 0.1) is 0 Å². The summed E-state index contributed by atoms with van der Waals surface area (Å²) in [6.45, 7) is 4.54. The van der Waals surface area contributed by atoms with E-state index in [0.717, 1.165) is 19.3 Å². The highest BCUT2D eigenvalue weighted by atomic mass is 16.6. The fraction of sp³-hybridized carbons (Fsp3) is 0.842. The van der Waals surface area contributed by atoms with Crippen LogP contribution in [0.4, 0.5) is 0 Å². The van der Waals surface area contributed by atoms with Crippen LogP contribution >= 0.6 is 0 Å². The maximum Gasteiger partial charge on any atom is 0.306 e. The second-order valence-electron chi connectivity index (χ2n) is 6.30. The molecule has 0 unspecified atom stereocenters. The predicted molar refractivity (Wildman–Crippen MR) is 95.0 cm³/mol. The minimum Gasteiger partial charge on any atom is -0.462 e. The van der Waals surface area contributed by atoms with Gasteiger partial charge in [-0.2, -0.15) is 0 Å². The van der Waals surface area contributed by atoms with Gasteiger partial charge in [0.15, 0.2) is 6.10 Å². The normalized spacial score (nSPS) is 10.6. The van der Waals surface area contributed by atoms with Crippen molar-refractivity contribution in [3.63, 3.8) is 0 Å². The van der Waals surface area contributed by atoms with E-state index in [-0.39, 0.29) is 19.2 Å². The topological polar surface area (TPSA) is 78.9 Å². The van der Waals surface area contributed by atoms with Crippen molar-refractivity contribution in [2.24, 2.45) is 0 Å². The van der Waals surface area contributed by atoms with Gasteiger partial charge in [-0.05, 0) is 6.42 Å². The number of carbonyl (C=O) groups is 3. The summed E-state index contributed by atoms with van der Waals surface area (Å²) in [5, 5.41) is 0. The van der Waals surface area contributed by atoms with Crippen LogP contribution < -0.4 is 0 Å². The smallest absolute Gasteiger partial charge is 0.306 e. The van der Waals surface area contributed by atoms with Gasteiger partial charge in [0.25, 0.3) is 0 Å². The van der Waals surface area contributed by atoms with Crippen molar-refractivity contribution in [2.75, 3.05) is 13.2 Å². The van der Waals surface area contributed by atoms with Crippen LogP contribution in [0.5, 0.6) is 0 Å². The summed E-state index contributed by atoms with van der Waals surface area (Å²) in [7, 11) is 0. The number of rotatable bonds is 15. The second-order valence-corrected chi connectivity index (χ2v) is 6.30. The van der Waals surface area contributed by atoms with Crippen LogP contribution in [0.15, 0.2) is 0 Å². The maximum atomic E-state index is 11.8. The van der Waals surface area contributed by atoms with Gasteiger partial charge in [-0.15, -0.1) is 0 Å². The Kier molecular flexibility index (Phi) is 14.9. The molecule has 0 aromatic carbocycles. The lowest BCUT2D eigenvalue weighted by atomic mass is 10.1. The minimum absolute atomic E-state index is 0.105. The molecule has 0 amide bonds. The molecule has 0 rings (SSSR count). The molecule has 0 aromatic heterocycles. The molecule has 25 heavy (non-hydrogen) atoms. The Morgan fingerprint density at radius 2 is 1.16 bits per heavy atom. The van der Waals surface area contributed by atoms with Crippen molar-refractivity contribution in [3.05, 3.63) is 0 Å². The first-order chi connectivity index (χ1) is 12.0. The number of ether oxygens (including phenoxy) is 3. The lowest BCUT2D eigenvalue weighted by Crippen LogP contribution is -2.30. The van der Waals surface area contributed by atoms with E-state index < -0.39 is 18.0 Å². The van der Waals surface area contributed by atoms with E-state index in [2.05, 4.69) is 6.92 Å². The molecule has 0 saturated carbocycles. The standard InChI is InChI=1S/C19H34O6/c1-4-5-6-7-8-9-10-11-12-13-19(22)25-18(14-23-16(2)20)15-24-17(3)21/h18H,4-15H2,1-3H3. The van der Waals surface area contributed by atoms with E-state index >= 15 is 0 Å². The zero-order valence-electron chi connectivity index (χ0n) is 16.0. The lowest BCUT2D eigenvalue weighted by molar-refractivity contribution is -0.165. The van der Waals surface area contributed by atoms with Gasteiger partial charge in [-0.25, -0.2) is 0 Å². The van der Waals surface area contributed by atoms with Crippen molar-refractivity contribution in [1.82, 2.24) is 0 Å². The first-order valence-corrected chi connectivity index (χ1v) is 9.41. The average molecular weight is 358 g/mol. The van der Waals surface area contributed by atoms with Gasteiger partial charge in [0.1, 0.15) is 13.2 Å². The van der Waals surface area contributed by atoms with Crippen LogP contribution in [-0.2, 0) is 28.6 Å². The largest absolute Gasteiger partial charge is 0.462 e. The molecular weight excluding hydrogens is 324 g/mol. The third kappa shape index (κ3) is 17.0. The maximum absolute atomic E-state index is 11.8. The Morgan fingerprint density at radius 1 is 0.720 bits per heavy atom. The van der Waals surface area contributed by atoms with Gasteiger partial charge in [-0.3, -0.25) is 14.4 Å². The molecular formula is C19H34O6. The third-order valence-electron chi connectivity index (χ3n) is 3.73. The highest BCUT2D eigenvalue weighted by Crippen LogP contribution is 2.11. The fourth-order valence-electron chi connectivity index (χ4n) is 2.36. The monoisotopic (exact) mass is 358 g/mol. The van der Waals surface area contributed by atoms with E-state index in [1.807, 2.05) is 0 Å². The van der Waals surface area contributed by atoms with E-state index in [1.54, 1.807) is 0 Å². The molecule has 0 fully saturated rings. The summed E-state index contributed by atoms with van der Waals surface area (Å²) in [5.74, 6) is -1.29. The van der Waals surface area contributed by atoms with Gasteiger partial charge in [0.05, 0.1) is 0 Å². The van der Waals surface area contributed by atoms with Crippen LogP contribution in [0.25, 0.3) is 0 Å². The Labute approximate surface area is 151 Å². The van der Waals surface area contributed by atoms with Crippen molar-refractivity contribution >= 4 is 17.9 Å². The van der Waals surface area contributed by atoms with Crippen molar-refractivity contribution in [1.29, 1.82) is 0 Å². The van der Waals surface area contributed by atoms with E-state index in [9.17, 15) is 14.4 Å². The molecule has 0 bridgehead atoms. The highest BCUT2D eigenvalue weighted by molar-refractivity contribution is 5.70. The minimum atomic E-state index is -0.751. The quantitative estimate of drug-likeness (QED) is 0.251. The Balaban J connectivity index is 3.81. The molecule has 146 valence electrons. The number of esters is 3. The van der Waals surface area contributed by atoms with Crippen LogP contribution in [0.2, 0.25) is 0 Å². The van der Waals surface area contributed by atoms with Crippen molar-refractivity contribution in [3.8, 4) is 0 Å². The summed E-state index contributed by atoms with van der Waals surface area (Å²) >= 11 is 0. The molecule has 0 aromatic rings. The molecule has 0 saturated heterocycles. The SMILES string of the molecule is CCCCCCCCCCCC(=O)OC(COC(C)=O)COC(C)=O. The second kappa shape index (κ2) is 15.9. The summed E-state index contributed by atoms with van der Waals surface area (Å²) in [4.78, 5) is 33.6. The molecule has 0 N–H and O–H groups in total. The summed E-state index contributed by atoms with van der Waals surface area (Å²) < 4.78 is 14.9. The molecule has 6 heteroatoms. The van der Waals surface area contributed by atoms with Crippen LogP contribution in [0.1, 0.15) is 85.0 Å². The number of unbranched alkanes of at least 4 members (excludes halogenated alkanes) is 8. The van der Waals surface area contributed by atoms with E-state index in [0.29, 0.717) is 6.42 Å².